The van der Waals surface area contributed by atoms with Crippen LogP contribution in [0.4, 0.5) is 0 Å². The fourth-order valence-electron chi connectivity index (χ4n) is 2.53. The van der Waals surface area contributed by atoms with Gasteiger partial charge in [-0.1, -0.05) is 25.1 Å². The maximum Gasteiger partial charge on any atom is 0.229 e. The minimum absolute atomic E-state index is 0.00416. The summed E-state index contributed by atoms with van der Waals surface area (Å²) >= 11 is 1.58. The Kier molecular flexibility index (Phi) is 5.92. The Hall–Kier alpha value is -2.35. The highest BCUT2D eigenvalue weighted by Crippen LogP contribution is 2.35. The van der Waals surface area contributed by atoms with E-state index < -0.39 is 0 Å². The molecule has 0 radical (unpaired) electrons. The molecule has 26 heavy (non-hydrogen) atoms. The Bertz CT molecular complexity index is 844. The van der Waals surface area contributed by atoms with E-state index in [4.69, 9.17) is 9.15 Å². The van der Waals surface area contributed by atoms with E-state index >= 15 is 0 Å². The van der Waals surface area contributed by atoms with Crippen LogP contribution in [0.2, 0.25) is 0 Å². The molecule has 0 spiro atoms. The van der Waals surface area contributed by atoms with Crippen LogP contribution in [-0.2, 0) is 6.54 Å². The number of hydrogen-bond donors (Lipinski definition) is 0. The summed E-state index contributed by atoms with van der Waals surface area (Å²) in [5.41, 5.74) is 1.02. The summed E-state index contributed by atoms with van der Waals surface area (Å²) in [7, 11) is 1.66. The normalized spacial score (nSPS) is 12.3. The van der Waals surface area contributed by atoms with Gasteiger partial charge in [0.1, 0.15) is 5.75 Å². The van der Waals surface area contributed by atoms with Crippen molar-refractivity contribution in [1.82, 2.24) is 25.0 Å². The molecule has 0 saturated heterocycles. The molecule has 0 aliphatic carbocycles. The van der Waals surface area contributed by atoms with Crippen molar-refractivity contribution >= 4 is 11.8 Å². The third kappa shape index (κ3) is 4.07. The van der Waals surface area contributed by atoms with E-state index in [9.17, 15) is 0 Å². The predicted octanol–water partition coefficient (Wildman–Crippen LogP) is 4.30. The fraction of sp³-hybridized carbons (Fsp3) is 0.444. The lowest BCUT2D eigenvalue weighted by atomic mass is 10.2. The molecule has 3 aromatic rings. The Balaban J connectivity index is 1.88. The SMILES string of the molecule is CCCCn1c(S[C@@H](C)c2nnc(C)o2)nnc1-c1ccc(OC)cc1. The number of benzene rings is 1. The molecule has 1 atom stereocenters. The minimum atomic E-state index is 0.00416. The van der Waals surface area contributed by atoms with E-state index in [0.29, 0.717) is 11.8 Å². The molecule has 0 unspecified atom stereocenters. The van der Waals surface area contributed by atoms with Gasteiger partial charge in [0.2, 0.25) is 11.8 Å². The van der Waals surface area contributed by atoms with Crippen LogP contribution in [-0.4, -0.2) is 32.1 Å². The molecule has 0 N–H and O–H groups in total. The van der Waals surface area contributed by atoms with Crippen molar-refractivity contribution in [2.45, 2.75) is 50.6 Å². The molecule has 138 valence electrons. The number of aryl methyl sites for hydroxylation is 1. The van der Waals surface area contributed by atoms with E-state index in [1.54, 1.807) is 25.8 Å². The first-order chi connectivity index (χ1) is 12.6. The largest absolute Gasteiger partial charge is 0.497 e. The highest BCUT2D eigenvalue weighted by atomic mass is 32.2. The molecular weight excluding hydrogens is 350 g/mol. The molecule has 0 bridgehead atoms. The molecule has 3 rings (SSSR count). The number of ether oxygens (including phenoxy) is 1. The molecule has 0 fully saturated rings. The molecule has 0 amide bonds. The van der Waals surface area contributed by atoms with E-state index in [1.807, 2.05) is 31.2 Å². The van der Waals surface area contributed by atoms with Crippen LogP contribution in [0.15, 0.2) is 33.8 Å². The molecule has 2 heterocycles. The molecule has 0 aliphatic rings. The standard InChI is InChI=1S/C18H23N5O2S/c1-5-6-11-23-16(14-7-9-15(24-4)10-8-14)20-22-18(23)26-12(2)17-21-19-13(3)25-17/h7-10,12H,5-6,11H2,1-4H3/t12-/m0/s1. The van der Waals surface area contributed by atoms with Gasteiger partial charge < -0.3 is 13.7 Å². The summed E-state index contributed by atoms with van der Waals surface area (Å²) < 4.78 is 12.9. The van der Waals surface area contributed by atoms with E-state index in [0.717, 1.165) is 41.7 Å². The van der Waals surface area contributed by atoms with E-state index in [1.165, 1.54) is 0 Å². The molecular formula is C18H23N5O2S. The average Bonchev–Trinajstić information content (AvgIpc) is 3.26. The third-order valence-corrected chi connectivity index (χ3v) is 5.04. The molecule has 0 saturated carbocycles. The lowest BCUT2D eigenvalue weighted by Gasteiger charge is -2.11. The molecule has 0 aliphatic heterocycles. The van der Waals surface area contributed by atoms with Gasteiger partial charge in [0.05, 0.1) is 12.4 Å². The topological polar surface area (TPSA) is 78.9 Å². The Morgan fingerprint density at radius 1 is 1.15 bits per heavy atom. The van der Waals surface area contributed by atoms with Crippen LogP contribution in [0.3, 0.4) is 0 Å². The number of nitrogens with zero attached hydrogens (tertiary/aromatic N) is 5. The summed E-state index contributed by atoms with van der Waals surface area (Å²) in [6.45, 7) is 6.86. The first kappa shape index (κ1) is 18.4. The smallest absolute Gasteiger partial charge is 0.229 e. The van der Waals surface area contributed by atoms with Crippen LogP contribution in [0, 0.1) is 6.92 Å². The summed E-state index contributed by atoms with van der Waals surface area (Å²) in [5, 5.41) is 17.7. The maximum atomic E-state index is 5.54. The van der Waals surface area contributed by atoms with Gasteiger partial charge in [0.25, 0.3) is 0 Å². The highest BCUT2D eigenvalue weighted by Gasteiger charge is 2.20. The van der Waals surface area contributed by atoms with Crippen molar-refractivity contribution < 1.29 is 9.15 Å². The summed E-state index contributed by atoms with van der Waals surface area (Å²) in [5.74, 6) is 2.85. The quantitative estimate of drug-likeness (QED) is 0.545. The second-order valence-electron chi connectivity index (χ2n) is 5.96. The summed E-state index contributed by atoms with van der Waals surface area (Å²) in [6.07, 6.45) is 2.16. The van der Waals surface area contributed by atoms with Gasteiger partial charge in [0.15, 0.2) is 11.0 Å². The summed E-state index contributed by atoms with van der Waals surface area (Å²) in [4.78, 5) is 0. The van der Waals surface area contributed by atoms with Crippen LogP contribution >= 0.6 is 11.8 Å². The third-order valence-electron chi connectivity index (χ3n) is 3.97. The molecule has 1 aromatic carbocycles. The Morgan fingerprint density at radius 3 is 2.54 bits per heavy atom. The van der Waals surface area contributed by atoms with Crippen molar-refractivity contribution in [2.24, 2.45) is 0 Å². The van der Waals surface area contributed by atoms with Gasteiger partial charge in [-0.15, -0.1) is 20.4 Å². The van der Waals surface area contributed by atoms with Gasteiger partial charge >= 0.3 is 0 Å². The number of aromatic nitrogens is 5. The number of methoxy groups -OCH3 is 1. The van der Waals surface area contributed by atoms with Gasteiger partial charge in [-0.2, -0.15) is 0 Å². The van der Waals surface area contributed by atoms with Gasteiger partial charge in [0, 0.05) is 19.0 Å². The first-order valence-corrected chi connectivity index (χ1v) is 9.54. The second-order valence-corrected chi connectivity index (χ2v) is 7.27. The number of rotatable bonds is 8. The maximum absolute atomic E-state index is 5.54. The second kappa shape index (κ2) is 8.35. The minimum Gasteiger partial charge on any atom is -0.497 e. The van der Waals surface area contributed by atoms with Crippen LogP contribution < -0.4 is 4.74 Å². The average molecular weight is 373 g/mol. The zero-order valence-corrected chi connectivity index (χ0v) is 16.3. The lowest BCUT2D eigenvalue weighted by Crippen LogP contribution is -2.03. The zero-order chi connectivity index (χ0) is 18.5. The Labute approximate surface area is 157 Å². The van der Waals surface area contributed by atoms with Crippen LogP contribution in [0.5, 0.6) is 5.75 Å². The van der Waals surface area contributed by atoms with Crippen LogP contribution in [0.1, 0.15) is 43.7 Å². The number of hydrogen-bond acceptors (Lipinski definition) is 7. The van der Waals surface area contributed by atoms with Gasteiger partial charge in [-0.3, -0.25) is 0 Å². The zero-order valence-electron chi connectivity index (χ0n) is 15.5. The Morgan fingerprint density at radius 2 is 1.92 bits per heavy atom. The van der Waals surface area contributed by atoms with Crippen LogP contribution in [0.25, 0.3) is 11.4 Å². The number of unbranched alkanes of at least 4 members (excludes halogenated alkanes) is 1. The first-order valence-electron chi connectivity index (χ1n) is 8.66. The van der Waals surface area contributed by atoms with Crippen molar-refractivity contribution in [3.63, 3.8) is 0 Å². The molecule has 8 heteroatoms. The van der Waals surface area contributed by atoms with Gasteiger partial charge in [-0.25, -0.2) is 0 Å². The molecule has 2 aromatic heterocycles. The fourth-order valence-corrected chi connectivity index (χ4v) is 3.44. The van der Waals surface area contributed by atoms with Crippen molar-refractivity contribution in [1.29, 1.82) is 0 Å². The molecule has 7 nitrogen and oxygen atoms in total. The lowest BCUT2D eigenvalue weighted by molar-refractivity contribution is 0.415. The van der Waals surface area contributed by atoms with E-state index in [-0.39, 0.29) is 5.25 Å². The van der Waals surface area contributed by atoms with Crippen molar-refractivity contribution in [2.75, 3.05) is 7.11 Å². The van der Waals surface area contributed by atoms with E-state index in [2.05, 4.69) is 31.9 Å². The number of thioether (sulfide) groups is 1. The van der Waals surface area contributed by atoms with Gasteiger partial charge in [-0.05, 0) is 37.6 Å². The summed E-state index contributed by atoms with van der Waals surface area (Å²) in [6, 6.07) is 7.88. The predicted molar refractivity (Wildman–Crippen MR) is 100 cm³/mol. The highest BCUT2D eigenvalue weighted by molar-refractivity contribution is 7.99. The van der Waals surface area contributed by atoms with Crippen molar-refractivity contribution in [3.8, 4) is 17.1 Å². The monoisotopic (exact) mass is 373 g/mol. The van der Waals surface area contributed by atoms with Crippen molar-refractivity contribution in [3.05, 3.63) is 36.0 Å².